The first-order chi connectivity index (χ1) is 9.45. The molecule has 1 amide bonds. The molecule has 20 heavy (non-hydrogen) atoms. The van der Waals surface area contributed by atoms with Gasteiger partial charge in [0.05, 0.1) is 0 Å². The summed E-state index contributed by atoms with van der Waals surface area (Å²) in [6, 6.07) is -0.180. The molecule has 0 bridgehead atoms. The van der Waals surface area contributed by atoms with Gasteiger partial charge in [-0.1, -0.05) is 24.6 Å². The van der Waals surface area contributed by atoms with Crippen molar-refractivity contribution in [2.75, 3.05) is 13.2 Å². The Morgan fingerprint density at radius 3 is 2.65 bits per heavy atom. The number of hydrogen-bond donors (Lipinski definition) is 3. The molecule has 0 heterocycles. The minimum Gasteiger partial charge on any atom is -0.396 e. The van der Waals surface area contributed by atoms with Gasteiger partial charge < -0.3 is 16.2 Å². The van der Waals surface area contributed by atoms with Gasteiger partial charge in [-0.15, -0.1) is 0 Å². The maximum Gasteiger partial charge on any atom is 0.243 e. The number of aliphatic hydroxyl groups is 1. The summed E-state index contributed by atoms with van der Waals surface area (Å²) in [5.41, 5.74) is 7.04. The number of allylic oxidation sites excluding steroid dienone is 3. The van der Waals surface area contributed by atoms with Gasteiger partial charge in [-0.2, -0.15) is 0 Å². The SMILES string of the molecule is CC(C)=CCCC(C)C/C=C/C(=O)NC[C@H](N)CCO. The molecule has 0 aromatic carbocycles. The van der Waals surface area contributed by atoms with Crippen LogP contribution in [0.25, 0.3) is 0 Å². The summed E-state index contributed by atoms with van der Waals surface area (Å²) in [4.78, 5) is 11.5. The van der Waals surface area contributed by atoms with Gasteiger partial charge in [0.25, 0.3) is 0 Å². The van der Waals surface area contributed by atoms with Crippen molar-refractivity contribution in [1.29, 1.82) is 0 Å². The van der Waals surface area contributed by atoms with Crippen LogP contribution in [0.1, 0.15) is 46.5 Å². The Hall–Kier alpha value is -1.13. The second-order valence-electron chi connectivity index (χ2n) is 5.62. The zero-order valence-corrected chi connectivity index (χ0v) is 13.1. The molecule has 0 aromatic rings. The Bertz CT molecular complexity index is 320. The van der Waals surface area contributed by atoms with E-state index >= 15 is 0 Å². The average molecular weight is 282 g/mol. The molecule has 0 radical (unpaired) electrons. The number of nitrogens with one attached hydrogen (secondary N) is 1. The van der Waals surface area contributed by atoms with Crippen LogP contribution in [0.2, 0.25) is 0 Å². The van der Waals surface area contributed by atoms with E-state index in [-0.39, 0.29) is 18.6 Å². The normalized spacial score (nSPS) is 14.1. The first-order valence-corrected chi connectivity index (χ1v) is 7.39. The monoisotopic (exact) mass is 282 g/mol. The highest BCUT2D eigenvalue weighted by atomic mass is 16.3. The van der Waals surface area contributed by atoms with Crippen molar-refractivity contribution in [2.24, 2.45) is 11.7 Å². The molecule has 0 aliphatic carbocycles. The molecule has 0 aliphatic heterocycles. The molecular weight excluding hydrogens is 252 g/mol. The predicted molar refractivity (Wildman–Crippen MR) is 84.3 cm³/mol. The van der Waals surface area contributed by atoms with E-state index in [4.69, 9.17) is 10.8 Å². The molecule has 4 heteroatoms. The highest BCUT2D eigenvalue weighted by Crippen LogP contribution is 2.12. The van der Waals surface area contributed by atoms with Crippen LogP contribution in [0.5, 0.6) is 0 Å². The molecule has 1 unspecified atom stereocenters. The third kappa shape index (κ3) is 11.9. The van der Waals surface area contributed by atoms with Crippen LogP contribution in [0.4, 0.5) is 0 Å². The number of hydrogen-bond acceptors (Lipinski definition) is 3. The summed E-state index contributed by atoms with van der Waals surface area (Å²) in [5, 5.41) is 11.4. The number of nitrogens with two attached hydrogens (primary N) is 1. The fourth-order valence-electron chi connectivity index (χ4n) is 1.74. The van der Waals surface area contributed by atoms with Crippen molar-refractivity contribution in [2.45, 2.75) is 52.5 Å². The molecule has 0 rings (SSSR count). The first kappa shape index (κ1) is 18.9. The molecule has 0 aromatic heterocycles. The van der Waals surface area contributed by atoms with Gasteiger partial charge >= 0.3 is 0 Å². The second kappa shape index (κ2) is 11.7. The molecule has 116 valence electrons. The van der Waals surface area contributed by atoms with E-state index in [2.05, 4.69) is 32.2 Å². The van der Waals surface area contributed by atoms with E-state index in [1.54, 1.807) is 6.08 Å². The van der Waals surface area contributed by atoms with Crippen molar-refractivity contribution >= 4 is 5.91 Å². The Balaban J connectivity index is 3.77. The fourth-order valence-corrected chi connectivity index (χ4v) is 1.74. The number of aliphatic hydroxyl groups excluding tert-OH is 1. The third-order valence-electron chi connectivity index (χ3n) is 3.06. The maximum atomic E-state index is 11.5. The van der Waals surface area contributed by atoms with E-state index in [1.165, 1.54) is 5.57 Å². The van der Waals surface area contributed by atoms with E-state index in [9.17, 15) is 4.79 Å². The summed E-state index contributed by atoms with van der Waals surface area (Å²) < 4.78 is 0. The number of amides is 1. The lowest BCUT2D eigenvalue weighted by atomic mass is 10.0. The highest BCUT2D eigenvalue weighted by molar-refractivity contribution is 5.87. The van der Waals surface area contributed by atoms with Crippen LogP contribution in [0.3, 0.4) is 0 Å². The largest absolute Gasteiger partial charge is 0.396 e. The zero-order valence-electron chi connectivity index (χ0n) is 13.1. The van der Waals surface area contributed by atoms with Crippen molar-refractivity contribution in [1.82, 2.24) is 5.32 Å². The summed E-state index contributed by atoms with van der Waals surface area (Å²) in [5.74, 6) is 0.459. The van der Waals surface area contributed by atoms with Crippen LogP contribution in [-0.4, -0.2) is 30.2 Å². The van der Waals surface area contributed by atoms with Crippen molar-refractivity contribution in [3.8, 4) is 0 Å². The Kier molecular flexibility index (Phi) is 11.0. The minimum absolute atomic E-state index is 0.0517. The lowest BCUT2D eigenvalue weighted by Crippen LogP contribution is -2.37. The third-order valence-corrected chi connectivity index (χ3v) is 3.06. The zero-order chi connectivity index (χ0) is 15.4. The van der Waals surface area contributed by atoms with Crippen LogP contribution in [-0.2, 0) is 4.79 Å². The highest BCUT2D eigenvalue weighted by Gasteiger charge is 2.03. The Morgan fingerprint density at radius 2 is 2.05 bits per heavy atom. The smallest absolute Gasteiger partial charge is 0.243 e. The van der Waals surface area contributed by atoms with Gasteiger partial charge in [0, 0.05) is 19.2 Å². The molecule has 4 N–H and O–H groups in total. The van der Waals surface area contributed by atoms with Crippen LogP contribution >= 0.6 is 0 Å². The molecule has 0 saturated heterocycles. The van der Waals surface area contributed by atoms with Gasteiger partial charge in [-0.05, 0) is 51.5 Å². The first-order valence-electron chi connectivity index (χ1n) is 7.39. The molecule has 0 fully saturated rings. The lowest BCUT2D eigenvalue weighted by molar-refractivity contribution is -0.116. The standard InChI is InChI=1S/C16H30N2O2/c1-13(2)6-4-7-14(3)8-5-9-16(20)18-12-15(17)10-11-19/h5-6,9,14-15,19H,4,7-8,10-12,17H2,1-3H3,(H,18,20)/b9-5+/t14?,15-/m1/s1. The van der Waals surface area contributed by atoms with Gasteiger partial charge in [-0.3, -0.25) is 4.79 Å². The van der Waals surface area contributed by atoms with Gasteiger partial charge in [-0.25, -0.2) is 0 Å². The van der Waals surface area contributed by atoms with Gasteiger partial charge in [0.2, 0.25) is 5.91 Å². The molecule has 2 atom stereocenters. The molecule has 0 spiro atoms. The number of carbonyl (C=O) groups is 1. The molecule has 4 nitrogen and oxygen atoms in total. The quantitative estimate of drug-likeness (QED) is 0.424. The molecule has 0 aliphatic rings. The van der Waals surface area contributed by atoms with Crippen molar-refractivity contribution in [3.63, 3.8) is 0 Å². The van der Waals surface area contributed by atoms with Crippen LogP contribution in [0.15, 0.2) is 23.8 Å². The molecular formula is C16H30N2O2. The van der Waals surface area contributed by atoms with Crippen molar-refractivity contribution < 1.29 is 9.90 Å². The van der Waals surface area contributed by atoms with Gasteiger partial charge in [0.15, 0.2) is 0 Å². The number of rotatable bonds is 10. The Labute approximate surface area is 123 Å². The fraction of sp³-hybridized carbons (Fsp3) is 0.688. The summed E-state index contributed by atoms with van der Waals surface area (Å²) in [6.07, 6.45) is 9.38. The van der Waals surface area contributed by atoms with E-state index in [1.807, 2.05) is 6.08 Å². The second-order valence-corrected chi connectivity index (χ2v) is 5.62. The van der Waals surface area contributed by atoms with Crippen LogP contribution in [0, 0.1) is 5.92 Å². The Morgan fingerprint density at radius 1 is 1.35 bits per heavy atom. The number of carbonyl (C=O) groups excluding carboxylic acids is 1. The summed E-state index contributed by atoms with van der Waals surface area (Å²) >= 11 is 0. The summed E-state index contributed by atoms with van der Waals surface area (Å²) in [7, 11) is 0. The lowest BCUT2D eigenvalue weighted by Gasteiger charge is -2.10. The minimum atomic E-state index is -0.180. The molecule has 0 saturated carbocycles. The van der Waals surface area contributed by atoms with Crippen LogP contribution < -0.4 is 11.1 Å². The predicted octanol–water partition coefficient (Wildman–Crippen LogP) is 2.14. The van der Waals surface area contributed by atoms with E-state index < -0.39 is 0 Å². The maximum absolute atomic E-state index is 11.5. The van der Waals surface area contributed by atoms with E-state index in [0.717, 1.165) is 19.3 Å². The topological polar surface area (TPSA) is 75.4 Å². The van der Waals surface area contributed by atoms with Gasteiger partial charge in [0.1, 0.15) is 0 Å². The summed E-state index contributed by atoms with van der Waals surface area (Å²) in [6.45, 7) is 6.86. The average Bonchev–Trinajstić information content (AvgIpc) is 2.36. The van der Waals surface area contributed by atoms with E-state index in [0.29, 0.717) is 18.9 Å². The van der Waals surface area contributed by atoms with Crippen molar-refractivity contribution in [3.05, 3.63) is 23.8 Å².